The van der Waals surface area contributed by atoms with Crippen molar-refractivity contribution >= 4 is 23.1 Å². The lowest BCUT2D eigenvalue weighted by Gasteiger charge is -2.38. The minimum Gasteiger partial charge on any atom is -0.324 e. The van der Waals surface area contributed by atoms with E-state index in [1.165, 1.54) is 0 Å². The zero-order chi connectivity index (χ0) is 20.6. The molecule has 0 aromatic carbocycles. The van der Waals surface area contributed by atoms with Gasteiger partial charge in [0.15, 0.2) is 5.78 Å². The predicted octanol–water partition coefficient (Wildman–Crippen LogP) is 3.93. The Labute approximate surface area is 170 Å². The van der Waals surface area contributed by atoms with E-state index in [0.29, 0.717) is 35.5 Å². The number of aliphatic imine (C=N–C) groups is 1. The highest BCUT2D eigenvalue weighted by Gasteiger charge is 2.45. The van der Waals surface area contributed by atoms with Gasteiger partial charge < -0.3 is 5.32 Å². The molecule has 1 N–H and O–H groups in total. The van der Waals surface area contributed by atoms with Crippen molar-refractivity contribution in [1.29, 1.82) is 0 Å². The van der Waals surface area contributed by atoms with Crippen LogP contribution >= 0.6 is 0 Å². The van der Waals surface area contributed by atoms with Crippen molar-refractivity contribution in [3.8, 4) is 0 Å². The maximum Gasteiger partial charge on any atom is 0.234 e. The van der Waals surface area contributed by atoms with Gasteiger partial charge in [-0.3, -0.25) is 24.5 Å². The standard InChI is InChI=1S/C23H24N4O2/c1-14-19(22(29)27-15-7-6-9-24-13-15)21(16-8-4-5-10-25-16)20-17(26-14)11-23(2,3)12-18(20)28/h4-10,13,19,21H,11-12H2,1-3H3,(H,27,29)/t19?,21-/m0/s1. The van der Waals surface area contributed by atoms with E-state index < -0.39 is 11.8 Å². The Kier molecular flexibility index (Phi) is 4.86. The lowest BCUT2D eigenvalue weighted by Crippen LogP contribution is -2.41. The van der Waals surface area contributed by atoms with E-state index in [1.807, 2.05) is 25.1 Å². The van der Waals surface area contributed by atoms with Crippen LogP contribution in [-0.4, -0.2) is 27.4 Å². The van der Waals surface area contributed by atoms with Crippen LogP contribution in [0.2, 0.25) is 0 Å². The smallest absolute Gasteiger partial charge is 0.234 e. The number of nitrogens with zero attached hydrogens (tertiary/aromatic N) is 3. The van der Waals surface area contributed by atoms with Gasteiger partial charge in [0.25, 0.3) is 0 Å². The first-order valence-electron chi connectivity index (χ1n) is 9.79. The van der Waals surface area contributed by atoms with E-state index in [2.05, 4.69) is 29.1 Å². The third-order valence-corrected chi connectivity index (χ3v) is 5.52. The first kappa shape index (κ1) is 19.2. The summed E-state index contributed by atoms with van der Waals surface area (Å²) in [7, 11) is 0. The first-order chi connectivity index (χ1) is 13.9. The Hall–Kier alpha value is -3.15. The normalized spacial score (nSPS) is 23.3. The molecular formula is C23H24N4O2. The van der Waals surface area contributed by atoms with Gasteiger partial charge in [-0.25, -0.2) is 0 Å². The maximum absolute atomic E-state index is 13.3. The van der Waals surface area contributed by atoms with E-state index >= 15 is 0 Å². The summed E-state index contributed by atoms with van der Waals surface area (Å²) in [5.74, 6) is -1.19. The monoisotopic (exact) mass is 388 g/mol. The van der Waals surface area contributed by atoms with Gasteiger partial charge in [-0.05, 0) is 43.0 Å². The number of carbonyl (C=O) groups excluding carboxylic acids is 2. The van der Waals surface area contributed by atoms with Gasteiger partial charge >= 0.3 is 0 Å². The van der Waals surface area contributed by atoms with Crippen molar-refractivity contribution in [2.75, 3.05) is 5.32 Å². The molecule has 0 radical (unpaired) electrons. The Morgan fingerprint density at radius 1 is 1.14 bits per heavy atom. The number of rotatable bonds is 3. The van der Waals surface area contributed by atoms with Crippen LogP contribution in [0, 0.1) is 11.3 Å². The summed E-state index contributed by atoms with van der Waals surface area (Å²) >= 11 is 0. The highest BCUT2D eigenvalue weighted by atomic mass is 16.2. The molecule has 0 spiro atoms. The van der Waals surface area contributed by atoms with Gasteiger partial charge in [-0.2, -0.15) is 0 Å². The number of aromatic nitrogens is 2. The lowest BCUT2D eigenvalue weighted by molar-refractivity contribution is -0.119. The molecule has 148 valence electrons. The minimum absolute atomic E-state index is 0.0577. The number of hydrogen-bond acceptors (Lipinski definition) is 5. The molecule has 0 saturated heterocycles. The number of anilines is 1. The molecular weight excluding hydrogens is 364 g/mol. The maximum atomic E-state index is 13.3. The zero-order valence-electron chi connectivity index (χ0n) is 16.8. The van der Waals surface area contributed by atoms with Crippen molar-refractivity contribution in [2.45, 2.75) is 39.5 Å². The highest BCUT2D eigenvalue weighted by molar-refractivity contribution is 6.13. The number of pyridine rings is 2. The molecule has 2 aromatic heterocycles. The molecule has 29 heavy (non-hydrogen) atoms. The number of amides is 1. The fraction of sp³-hybridized carbons (Fsp3) is 0.348. The van der Waals surface area contributed by atoms with Gasteiger partial charge in [0.05, 0.1) is 17.8 Å². The van der Waals surface area contributed by atoms with Crippen LogP contribution in [0.1, 0.15) is 45.2 Å². The molecule has 2 aromatic rings. The van der Waals surface area contributed by atoms with E-state index in [0.717, 1.165) is 5.70 Å². The van der Waals surface area contributed by atoms with Crippen LogP contribution < -0.4 is 5.32 Å². The van der Waals surface area contributed by atoms with Crippen LogP contribution in [0.5, 0.6) is 0 Å². The van der Waals surface area contributed by atoms with Crippen molar-refractivity contribution in [3.05, 3.63) is 65.9 Å². The van der Waals surface area contributed by atoms with E-state index in [4.69, 9.17) is 4.99 Å². The number of allylic oxidation sites excluding steroid dienone is 2. The van der Waals surface area contributed by atoms with Crippen molar-refractivity contribution < 1.29 is 9.59 Å². The fourth-order valence-corrected chi connectivity index (χ4v) is 4.32. The van der Waals surface area contributed by atoms with Gasteiger partial charge in [-0.15, -0.1) is 0 Å². The molecule has 6 nitrogen and oxygen atoms in total. The average molecular weight is 388 g/mol. The Balaban J connectivity index is 1.79. The quantitative estimate of drug-likeness (QED) is 0.863. The van der Waals surface area contributed by atoms with Crippen molar-refractivity contribution in [3.63, 3.8) is 0 Å². The summed E-state index contributed by atoms with van der Waals surface area (Å²) in [6, 6.07) is 9.15. The molecule has 4 rings (SSSR count). The fourth-order valence-electron chi connectivity index (χ4n) is 4.32. The summed E-state index contributed by atoms with van der Waals surface area (Å²) in [5.41, 5.74) is 3.32. The number of hydrogen-bond donors (Lipinski definition) is 1. The Bertz CT molecular complexity index is 1010. The molecule has 6 heteroatoms. The Morgan fingerprint density at radius 3 is 2.66 bits per heavy atom. The molecule has 0 bridgehead atoms. The van der Waals surface area contributed by atoms with E-state index in [-0.39, 0.29) is 17.1 Å². The van der Waals surface area contributed by atoms with Gasteiger partial charge in [0.2, 0.25) is 5.91 Å². The van der Waals surface area contributed by atoms with Gasteiger partial charge in [-0.1, -0.05) is 19.9 Å². The average Bonchev–Trinajstić information content (AvgIpc) is 2.67. The van der Waals surface area contributed by atoms with Crippen molar-refractivity contribution in [1.82, 2.24) is 9.97 Å². The number of ketones is 1. The topological polar surface area (TPSA) is 84.3 Å². The van der Waals surface area contributed by atoms with Crippen LogP contribution in [0.15, 0.2) is 65.2 Å². The molecule has 2 atom stereocenters. The predicted molar refractivity (Wildman–Crippen MR) is 111 cm³/mol. The van der Waals surface area contributed by atoms with Crippen LogP contribution in [0.25, 0.3) is 0 Å². The van der Waals surface area contributed by atoms with Gasteiger partial charge in [0.1, 0.15) is 0 Å². The summed E-state index contributed by atoms with van der Waals surface area (Å²) in [6.07, 6.45) is 6.11. The number of nitrogens with one attached hydrogen (secondary N) is 1. The highest BCUT2D eigenvalue weighted by Crippen LogP contribution is 2.47. The molecule has 0 saturated carbocycles. The third-order valence-electron chi connectivity index (χ3n) is 5.52. The van der Waals surface area contributed by atoms with Gasteiger partial charge in [0, 0.05) is 47.4 Å². The molecule has 1 aliphatic heterocycles. The largest absolute Gasteiger partial charge is 0.324 e. The summed E-state index contributed by atoms with van der Waals surface area (Å²) in [6.45, 7) is 6.02. The molecule has 3 heterocycles. The first-order valence-corrected chi connectivity index (χ1v) is 9.79. The zero-order valence-corrected chi connectivity index (χ0v) is 16.8. The lowest BCUT2D eigenvalue weighted by atomic mass is 9.67. The second-order valence-corrected chi connectivity index (χ2v) is 8.50. The molecule has 1 amide bonds. The second kappa shape index (κ2) is 7.35. The van der Waals surface area contributed by atoms with Crippen molar-refractivity contribution in [2.24, 2.45) is 16.3 Å². The summed E-state index contributed by atoms with van der Waals surface area (Å²) < 4.78 is 0. The number of carbonyl (C=O) groups is 2. The third kappa shape index (κ3) is 3.75. The summed E-state index contributed by atoms with van der Waals surface area (Å²) in [4.78, 5) is 39.8. The molecule has 2 aliphatic rings. The molecule has 1 unspecified atom stereocenters. The van der Waals surface area contributed by atoms with Crippen LogP contribution in [0.3, 0.4) is 0 Å². The second-order valence-electron chi connectivity index (χ2n) is 8.50. The van der Waals surface area contributed by atoms with E-state index in [9.17, 15) is 9.59 Å². The molecule has 0 fully saturated rings. The minimum atomic E-state index is -0.603. The van der Waals surface area contributed by atoms with Crippen LogP contribution in [0.4, 0.5) is 5.69 Å². The molecule has 1 aliphatic carbocycles. The SMILES string of the molecule is CC1=NC2=C(C(=O)CC(C)(C)C2)[C@@H](c2ccccn2)C1C(=O)Nc1cccnc1. The Morgan fingerprint density at radius 2 is 1.97 bits per heavy atom. The number of Topliss-reactive ketones (excluding diaryl/α,β-unsaturated/α-hetero) is 1. The van der Waals surface area contributed by atoms with E-state index in [1.54, 1.807) is 30.7 Å². The summed E-state index contributed by atoms with van der Waals surface area (Å²) in [5, 5.41) is 2.92. The van der Waals surface area contributed by atoms with Crippen LogP contribution in [-0.2, 0) is 9.59 Å².